The number of anilines is 1. The Balaban J connectivity index is 1.76. The van der Waals surface area contributed by atoms with Crippen molar-refractivity contribution in [2.75, 3.05) is 31.6 Å². The lowest BCUT2D eigenvalue weighted by atomic mass is 10.0. The summed E-state index contributed by atoms with van der Waals surface area (Å²) < 4.78 is 37.4. The summed E-state index contributed by atoms with van der Waals surface area (Å²) in [5, 5.41) is 26.5. The molecule has 0 aliphatic carbocycles. The van der Waals surface area contributed by atoms with E-state index < -0.39 is 39.5 Å². The van der Waals surface area contributed by atoms with Gasteiger partial charge < -0.3 is 30.3 Å². The molecule has 0 aromatic heterocycles. The van der Waals surface area contributed by atoms with Crippen LogP contribution in [0, 0.1) is 0 Å². The molecule has 0 aliphatic rings. The van der Waals surface area contributed by atoms with E-state index in [0.717, 1.165) is 5.56 Å². The van der Waals surface area contributed by atoms with Gasteiger partial charge in [-0.15, -0.1) is 0 Å². The molecule has 0 aliphatic heterocycles. The third kappa shape index (κ3) is 9.51. The zero-order chi connectivity index (χ0) is 32.5. The van der Waals surface area contributed by atoms with E-state index in [-0.39, 0.29) is 41.7 Å². The maximum absolute atomic E-state index is 13.4. The van der Waals surface area contributed by atoms with Crippen molar-refractivity contribution in [3.63, 3.8) is 0 Å². The third-order valence-corrected chi connectivity index (χ3v) is 8.40. The summed E-state index contributed by atoms with van der Waals surface area (Å²) in [5.74, 6) is -1.30. The summed E-state index contributed by atoms with van der Waals surface area (Å²) >= 11 is 6.09. The summed E-state index contributed by atoms with van der Waals surface area (Å²) in [6.07, 6.45) is -0.805. The Morgan fingerprint density at radius 1 is 0.977 bits per heavy atom. The quantitative estimate of drug-likeness (QED) is 0.186. The average Bonchev–Trinajstić information content (AvgIpc) is 2.97. The van der Waals surface area contributed by atoms with Gasteiger partial charge in [0.2, 0.25) is 9.84 Å². The Kier molecular flexibility index (Phi) is 12.3. The molecule has 4 N–H and O–H groups in total. The molecule has 44 heavy (non-hydrogen) atoms. The van der Waals surface area contributed by atoms with Crippen LogP contribution in [0.2, 0.25) is 5.02 Å². The number of halogens is 1. The molecule has 0 radical (unpaired) electrons. The van der Waals surface area contributed by atoms with Crippen LogP contribution < -0.4 is 10.6 Å². The maximum atomic E-state index is 13.4. The van der Waals surface area contributed by atoms with E-state index in [9.17, 15) is 23.1 Å². The second-order valence-corrected chi connectivity index (χ2v) is 13.3. The Bertz CT molecular complexity index is 1540. The Hall–Kier alpha value is -3.48. The van der Waals surface area contributed by atoms with E-state index in [1.54, 1.807) is 64.1 Å². The summed E-state index contributed by atoms with van der Waals surface area (Å²) in [6, 6.07) is 15.9. The van der Waals surface area contributed by atoms with Gasteiger partial charge in [-0.1, -0.05) is 35.9 Å². The molecular formula is C32H39ClN2O8S. The molecule has 0 spiro atoms. The molecule has 0 bridgehead atoms. The lowest BCUT2D eigenvalue weighted by Crippen LogP contribution is -2.46. The zero-order valence-corrected chi connectivity index (χ0v) is 26.7. The first-order valence-corrected chi connectivity index (χ1v) is 16.0. The van der Waals surface area contributed by atoms with Gasteiger partial charge in [-0.05, 0) is 87.7 Å². The predicted octanol–water partition coefficient (Wildman–Crippen LogP) is 4.33. The van der Waals surface area contributed by atoms with Crippen LogP contribution >= 0.6 is 11.6 Å². The minimum Gasteiger partial charge on any atom is -0.462 e. The van der Waals surface area contributed by atoms with Crippen molar-refractivity contribution < 1.29 is 37.7 Å². The van der Waals surface area contributed by atoms with E-state index in [4.69, 9.17) is 26.2 Å². The van der Waals surface area contributed by atoms with E-state index in [1.165, 1.54) is 30.3 Å². The monoisotopic (exact) mass is 646 g/mol. The van der Waals surface area contributed by atoms with Gasteiger partial charge in [0.05, 0.1) is 28.6 Å². The van der Waals surface area contributed by atoms with E-state index >= 15 is 0 Å². The van der Waals surface area contributed by atoms with Crippen LogP contribution in [0.15, 0.2) is 76.5 Å². The second kappa shape index (κ2) is 15.5. The molecule has 0 amide bonds. The van der Waals surface area contributed by atoms with Crippen molar-refractivity contribution in [1.29, 1.82) is 0 Å². The number of esters is 2. The van der Waals surface area contributed by atoms with Gasteiger partial charge in [-0.3, -0.25) is 4.79 Å². The summed E-state index contributed by atoms with van der Waals surface area (Å²) in [7, 11) is -3.98. The van der Waals surface area contributed by atoms with Gasteiger partial charge in [0.15, 0.2) is 0 Å². The summed E-state index contributed by atoms with van der Waals surface area (Å²) in [5.41, 5.74) is 0.874. The molecule has 12 heteroatoms. The van der Waals surface area contributed by atoms with Crippen LogP contribution in [-0.2, 0) is 30.5 Å². The maximum Gasteiger partial charge on any atom is 0.340 e. The molecular weight excluding hydrogens is 608 g/mol. The second-order valence-electron chi connectivity index (χ2n) is 10.9. The van der Waals surface area contributed by atoms with Crippen molar-refractivity contribution in [2.24, 2.45) is 0 Å². The molecule has 1 unspecified atom stereocenters. The SMILES string of the molecule is CCOC(=O)c1cc(S(=O)(=O)c2ccc(CCNC(C(=O)OC(C)(C)C)[C@H](O)c3cccc(Cl)c3)cc2)ccc1NCCO. The number of carbonyl (C=O) groups excluding carboxylic acids is 2. The molecule has 0 saturated carbocycles. The average molecular weight is 647 g/mol. The predicted molar refractivity (Wildman–Crippen MR) is 168 cm³/mol. The fourth-order valence-corrected chi connectivity index (χ4v) is 5.81. The molecule has 2 atom stereocenters. The van der Waals surface area contributed by atoms with Crippen LogP contribution in [0.25, 0.3) is 0 Å². The highest BCUT2D eigenvalue weighted by molar-refractivity contribution is 7.91. The van der Waals surface area contributed by atoms with Gasteiger partial charge in [-0.25, -0.2) is 13.2 Å². The van der Waals surface area contributed by atoms with E-state index in [0.29, 0.717) is 22.7 Å². The highest BCUT2D eigenvalue weighted by atomic mass is 35.5. The third-order valence-electron chi connectivity index (χ3n) is 6.40. The van der Waals surface area contributed by atoms with Crippen molar-refractivity contribution in [3.05, 3.63) is 88.4 Å². The van der Waals surface area contributed by atoms with Gasteiger partial charge in [0.25, 0.3) is 0 Å². The molecule has 3 aromatic rings. The van der Waals surface area contributed by atoms with Crippen molar-refractivity contribution in [1.82, 2.24) is 5.32 Å². The van der Waals surface area contributed by atoms with Gasteiger partial charge in [0.1, 0.15) is 17.7 Å². The van der Waals surface area contributed by atoms with Gasteiger partial charge in [0, 0.05) is 23.8 Å². The molecule has 3 rings (SSSR count). The first kappa shape index (κ1) is 35.0. The number of rotatable bonds is 14. The van der Waals surface area contributed by atoms with E-state index in [2.05, 4.69) is 10.6 Å². The number of carbonyl (C=O) groups is 2. The van der Waals surface area contributed by atoms with Crippen molar-refractivity contribution in [2.45, 2.75) is 61.7 Å². The minimum absolute atomic E-state index is 0.0306. The first-order chi connectivity index (χ1) is 20.8. The topological polar surface area (TPSA) is 151 Å². The molecule has 10 nitrogen and oxygen atoms in total. The molecule has 3 aromatic carbocycles. The fraction of sp³-hybridized carbons (Fsp3) is 0.375. The lowest BCUT2D eigenvalue weighted by Gasteiger charge is -2.27. The van der Waals surface area contributed by atoms with E-state index in [1.807, 2.05) is 0 Å². The normalized spacial score (nSPS) is 13.2. The number of aliphatic hydroxyl groups excluding tert-OH is 2. The zero-order valence-electron chi connectivity index (χ0n) is 25.2. The van der Waals surface area contributed by atoms with Crippen LogP contribution in [0.1, 0.15) is 55.3 Å². The summed E-state index contributed by atoms with van der Waals surface area (Å²) in [4.78, 5) is 25.4. The standard InChI is InChI=1S/C32H39ClN2O8S/c1-5-42-30(38)26-20-25(13-14-27(26)34-17-18-36)44(40,41)24-11-9-21(10-12-24)15-16-35-28(31(39)43-32(2,3)4)29(37)22-7-6-8-23(33)19-22/h6-14,19-20,28-29,34-37H,5,15-18H2,1-4H3/t28?,29-/m1/s1. The number of aliphatic hydroxyl groups is 2. The molecule has 0 heterocycles. The fourth-order valence-electron chi connectivity index (χ4n) is 4.33. The largest absolute Gasteiger partial charge is 0.462 e. The Labute approximate surface area is 263 Å². The van der Waals surface area contributed by atoms with Gasteiger partial charge >= 0.3 is 11.9 Å². The van der Waals surface area contributed by atoms with Crippen LogP contribution in [0.4, 0.5) is 5.69 Å². The number of ether oxygens (including phenoxy) is 2. The molecule has 0 saturated heterocycles. The highest BCUT2D eigenvalue weighted by Gasteiger charge is 2.32. The number of nitrogens with one attached hydrogen (secondary N) is 2. The minimum atomic E-state index is -3.98. The number of sulfone groups is 1. The molecule has 238 valence electrons. The number of hydrogen-bond donors (Lipinski definition) is 4. The van der Waals surface area contributed by atoms with Gasteiger partial charge in [-0.2, -0.15) is 0 Å². The van der Waals surface area contributed by atoms with Crippen molar-refractivity contribution >= 4 is 39.1 Å². The van der Waals surface area contributed by atoms with Crippen molar-refractivity contribution in [3.8, 4) is 0 Å². The smallest absolute Gasteiger partial charge is 0.340 e. The Morgan fingerprint density at radius 2 is 1.66 bits per heavy atom. The highest BCUT2D eigenvalue weighted by Crippen LogP contribution is 2.27. The number of hydrogen-bond acceptors (Lipinski definition) is 10. The number of benzene rings is 3. The summed E-state index contributed by atoms with van der Waals surface area (Å²) in [6.45, 7) is 7.26. The van der Waals surface area contributed by atoms with Crippen LogP contribution in [0.3, 0.4) is 0 Å². The Morgan fingerprint density at radius 3 is 2.27 bits per heavy atom. The molecule has 0 fully saturated rings. The first-order valence-electron chi connectivity index (χ1n) is 14.2. The lowest BCUT2D eigenvalue weighted by molar-refractivity contribution is -0.160. The van der Waals surface area contributed by atoms with Crippen LogP contribution in [-0.4, -0.2) is 68.5 Å². The van der Waals surface area contributed by atoms with Crippen LogP contribution in [0.5, 0.6) is 0 Å².